The van der Waals surface area contributed by atoms with Crippen molar-refractivity contribution in [3.63, 3.8) is 0 Å². The number of hydrogen-bond acceptors (Lipinski definition) is 12. The van der Waals surface area contributed by atoms with E-state index in [0.717, 1.165) is 44.9 Å². The molecule has 1 aliphatic carbocycles. The molecule has 6 N–H and O–H groups in total. The van der Waals surface area contributed by atoms with Crippen LogP contribution in [-0.2, 0) is 32.7 Å². The maximum absolute atomic E-state index is 12.7. The van der Waals surface area contributed by atoms with Gasteiger partial charge in [0.2, 0.25) is 0 Å². The van der Waals surface area contributed by atoms with E-state index in [1.54, 1.807) is 0 Å². The number of allylic oxidation sites excluding steroid dienone is 6. The predicted octanol–water partition coefficient (Wildman–Crippen LogP) is 7.05. The number of hydrogen-bond donors (Lipinski definition) is 6. The number of carbonyl (C=O) groups excluding carboxylic acids is 2. The zero-order valence-corrected chi connectivity index (χ0v) is 34.4. The van der Waals surface area contributed by atoms with Crippen LogP contribution in [0.2, 0.25) is 0 Å². The molecule has 0 bridgehead atoms. The molecule has 1 aliphatic rings. The Hall–Kier alpha value is -1.93. The average molecular weight is 805 g/mol. The minimum atomic E-state index is -5.12. The van der Waals surface area contributed by atoms with Crippen LogP contribution in [0.25, 0.3) is 0 Å². The number of ether oxygens (including phenoxy) is 2. The normalized spacial score (nSPS) is 23.4. The van der Waals surface area contributed by atoms with Crippen LogP contribution in [0.3, 0.4) is 0 Å². The van der Waals surface area contributed by atoms with Crippen molar-refractivity contribution >= 4 is 19.8 Å². The molecule has 1 fully saturated rings. The van der Waals surface area contributed by atoms with Gasteiger partial charge in [-0.2, -0.15) is 0 Å². The first-order valence-corrected chi connectivity index (χ1v) is 22.3. The summed E-state index contributed by atoms with van der Waals surface area (Å²) in [6, 6.07) is 0. The van der Waals surface area contributed by atoms with Gasteiger partial charge in [0, 0.05) is 12.8 Å². The van der Waals surface area contributed by atoms with Crippen LogP contribution < -0.4 is 0 Å². The maximum Gasteiger partial charge on any atom is 0.472 e. The number of rotatable bonds is 33. The van der Waals surface area contributed by atoms with Crippen molar-refractivity contribution in [1.82, 2.24) is 0 Å². The summed E-state index contributed by atoms with van der Waals surface area (Å²) >= 11 is 0. The summed E-state index contributed by atoms with van der Waals surface area (Å²) in [4.78, 5) is 35.4. The second-order valence-corrected chi connectivity index (χ2v) is 15.9. The topological polar surface area (TPSA) is 210 Å². The number of aliphatic hydroxyl groups excluding tert-OH is 5. The summed E-state index contributed by atoms with van der Waals surface area (Å²) in [7, 11) is -5.12. The molecule has 1 saturated carbocycles. The van der Waals surface area contributed by atoms with Crippen molar-refractivity contribution in [2.75, 3.05) is 13.2 Å². The number of phosphoric ester groups is 1. The first kappa shape index (κ1) is 51.1. The molecule has 14 heteroatoms. The third-order valence-corrected chi connectivity index (χ3v) is 10.5. The van der Waals surface area contributed by atoms with Crippen LogP contribution in [0, 0.1) is 0 Å². The summed E-state index contributed by atoms with van der Waals surface area (Å²) in [6.07, 6.45) is 20.9. The molecular weight excluding hydrogens is 731 g/mol. The Bertz CT molecular complexity index is 1110. The summed E-state index contributed by atoms with van der Waals surface area (Å²) in [6.45, 7) is 3.19. The van der Waals surface area contributed by atoms with Gasteiger partial charge in [0.05, 0.1) is 6.61 Å². The van der Waals surface area contributed by atoms with E-state index in [4.69, 9.17) is 18.5 Å². The standard InChI is InChI=1S/C41H73O13P/c1-3-5-7-9-11-13-14-15-16-17-18-19-20-22-23-25-27-29-34(42)51-31-33(53-35(43)30-28-26-24-21-12-10-8-6-4-2)32-52-55(49,50)54-41-39(47)37(45)36(44)38(46)40(41)48/h15-16,18-19,22-23,33,36-41,44-48H,3-14,17,20-21,24-32H2,1-2H3,(H,49,50)/b16-15+,19-18+,23-22+/t33-,36?,37-,38?,39?,40?,41?/m0/s1. The van der Waals surface area contributed by atoms with E-state index in [0.29, 0.717) is 19.3 Å². The molecule has 6 unspecified atom stereocenters. The van der Waals surface area contributed by atoms with E-state index < -0.39 is 75.7 Å². The number of phosphoric acid groups is 1. The SMILES string of the molecule is CCCCCCCC/C=C/C/C=C/C/C=C/CCCC(=O)OC[C@@H](COP(=O)(O)OC1C(O)C(O)C(O)[C@H](O)C1O)OC(=O)CCCCCCCCCCC. The molecule has 8 atom stereocenters. The zero-order chi connectivity index (χ0) is 40.7. The predicted molar refractivity (Wildman–Crippen MR) is 212 cm³/mol. The zero-order valence-electron chi connectivity index (χ0n) is 33.5. The summed E-state index contributed by atoms with van der Waals surface area (Å²) < 4.78 is 33.3. The summed E-state index contributed by atoms with van der Waals surface area (Å²) in [5.41, 5.74) is 0. The van der Waals surface area contributed by atoms with Crippen LogP contribution in [0.5, 0.6) is 0 Å². The smallest absolute Gasteiger partial charge is 0.462 e. The van der Waals surface area contributed by atoms with Crippen molar-refractivity contribution < 1.29 is 63.1 Å². The number of aliphatic hydroxyl groups is 5. The fraction of sp³-hybridized carbons (Fsp3) is 0.805. The third kappa shape index (κ3) is 25.1. The summed E-state index contributed by atoms with van der Waals surface area (Å²) in [5.74, 6) is -1.16. The lowest BCUT2D eigenvalue weighted by Gasteiger charge is -2.41. The van der Waals surface area contributed by atoms with E-state index in [9.17, 15) is 44.6 Å². The molecule has 0 aromatic carbocycles. The average Bonchev–Trinajstić information content (AvgIpc) is 3.16. The fourth-order valence-corrected chi connectivity index (χ4v) is 7.04. The first-order chi connectivity index (χ1) is 26.4. The number of unbranched alkanes of at least 4 members (excludes halogenated alkanes) is 15. The van der Waals surface area contributed by atoms with Crippen LogP contribution in [0.4, 0.5) is 0 Å². The van der Waals surface area contributed by atoms with Crippen molar-refractivity contribution in [3.05, 3.63) is 36.5 Å². The van der Waals surface area contributed by atoms with Crippen LogP contribution >= 0.6 is 7.82 Å². The fourth-order valence-electron chi connectivity index (χ4n) is 6.07. The van der Waals surface area contributed by atoms with Gasteiger partial charge in [0.1, 0.15) is 43.2 Å². The minimum absolute atomic E-state index is 0.0869. The first-order valence-electron chi connectivity index (χ1n) is 20.8. The van der Waals surface area contributed by atoms with Crippen molar-refractivity contribution in [1.29, 1.82) is 0 Å². The Labute approximate surface area is 329 Å². The highest BCUT2D eigenvalue weighted by atomic mass is 31.2. The van der Waals surface area contributed by atoms with Gasteiger partial charge >= 0.3 is 19.8 Å². The largest absolute Gasteiger partial charge is 0.472 e. The quantitative estimate of drug-likeness (QED) is 0.0170. The van der Waals surface area contributed by atoms with E-state index in [1.165, 1.54) is 64.2 Å². The molecule has 320 valence electrons. The molecule has 0 aromatic rings. The molecule has 13 nitrogen and oxygen atoms in total. The Morgan fingerprint density at radius 2 is 1.00 bits per heavy atom. The van der Waals surface area contributed by atoms with Crippen LogP contribution in [0.15, 0.2) is 36.5 Å². The monoisotopic (exact) mass is 804 g/mol. The van der Waals surface area contributed by atoms with Crippen LogP contribution in [0.1, 0.15) is 155 Å². The van der Waals surface area contributed by atoms with Gasteiger partial charge in [-0.1, -0.05) is 134 Å². The third-order valence-electron chi connectivity index (χ3n) is 9.48. The lowest BCUT2D eigenvalue weighted by molar-refractivity contribution is -0.220. The highest BCUT2D eigenvalue weighted by Crippen LogP contribution is 2.47. The highest BCUT2D eigenvalue weighted by molar-refractivity contribution is 7.47. The van der Waals surface area contributed by atoms with Crippen LogP contribution in [-0.4, -0.2) is 98.3 Å². The number of carbonyl (C=O) groups is 2. The molecule has 0 saturated heterocycles. The van der Waals surface area contributed by atoms with E-state index in [1.807, 2.05) is 12.2 Å². The van der Waals surface area contributed by atoms with Gasteiger partial charge in [-0.05, 0) is 44.9 Å². The lowest BCUT2D eigenvalue weighted by Crippen LogP contribution is -2.64. The number of esters is 2. The lowest BCUT2D eigenvalue weighted by atomic mass is 9.85. The van der Waals surface area contributed by atoms with Gasteiger partial charge in [-0.3, -0.25) is 18.6 Å². The molecule has 1 rings (SSSR count). The highest BCUT2D eigenvalue weighted by Gasteiger charge is 2.51. The minimum Gasteiger partial charge on any atom is -0.462 e. The van der Waals surface area contributed by atoms with E-state index in [-0.39, 0.29) is 12.8 Å². The van der Waals surface area contributed by atoms with E-state index >= 15 is 0 Å². The van der Waals surface area contributed by atoms with Crippen molar-refractivity contribution in [2.45, 2.75) is 198 Å². The van der Waals surface area contributed by atoms with E-state index in [2.05, 4.69) is 38.2 Å². The van der Waals surface area contributed by atoms with Gasteiger partial charge in [-0.15, -0.1) is 0 Å². The van der Waals surface area contributed by atoms with Crippen molar-refractivity contribution in [2.24, 2.45) is 0 Å². The molecule has 0 spiro atoms. The molecule has 0 aromatic heterocycles. The van der Waals surface area contributed by atoms with Gasteiger partial charge in [-0.25, -0.2) is 4.57 Å². The Morgan fingerprint density at radius 3 is 1.55 bits per heavy atom. The second kappa shape index (κ2) is 32.1. The second-order valence-electron chi connectivity index (χ2n) is 14.5. The molecule has 0 aliphatic heterocycles. The molecule has 0 radical (unpaired) electrons. The van der Waals surface area contributed by atoms with Gasteiger partial charge < -0.3 is 39.9 Å². The Balaban J connectivity index is 2.52. The molecule has 0 heterocycles. The van der Waals surface area contributed by atoms with Gasteiger partial charge in [0.15, 0.2) is 6.10 Å². The molecule has 55 heavy (non-hydrogen) atoms. The Kier molecular flexibility index (Phi) is 29.8. The van der Waals surface area contributed by atoms with Gasteiger partial charge in [0.25, 0.3) is 0 Å². The molecule has 0 amide bonds. The van der Waals surface area contributed by atoms with Crippen molar-refractivity contribution in [3.8, 4) is 0 Å². The molecular formula is C41H73O13P. The maximum atomic E-state index is 12.7. The summed E-state index contributed by atoms with van der Waals surface area (Å²) in [5, 5.41) is 49.9. The Morgan fingerprint density at radius 1 is 0.564 bits per heavy atom.